The number of aryl methyl sites for hydroxylation is 1. The van der Waals surface area contributed by atoms with Gasteiger partial charge in [0.2, 0.25) is 5.88 Å². The van der Waals surface area contributed by atoms with Crippen LogP contribution >= 0.6 is 11.3 Å². The number of aliphatic hydroxyl groups excluding tert-OH is 1. The summed E-state index contributed by atoms with van der Waals surface area (Å²) >= 11 is 1.37. The molecule has 8 heteroatoms. The first-order chi connectivity index (χ1) is 15.1. The first kappa shape index (κ1) is 20.6. The fourth-order valence-electron chi connectivity index (χ4n) is 3.00. The Balaban J connectivity index is 1.74. The van der Waals surface area contributed by atoms with Gasteiger partial charge in [0.1, 0.15) is 22.7 Å². The number of ether oxygens (including phenoxy) is 1. The summed E-state index contributed by atoms with van der Waals surface area (Å²) in [7, 11) is 0. The maximum absolute atomic E-state index is 9.97. The van der Waals surface area contributed by atoms with E-state index in [-0.39, 0.29) is 6.54 Å². The van der Waals surface area contributed by atoms with Crippen LogP contribution in [0.25, 0.3) is 21.8 Å². The Bertz CT molecular complexity index is 1250. The zero-order valence-corrected chi connectivity index (χ0v) is 17.5. The van der Waals surface area contributed by atoms with Crippen molar-refractivity contribution in [3.05, 3.63) is 77.1 Å². The van der Waals surface area contributed by atoms with Crippen LogP contribution in [0.1, 0.15) is 23.2 Å². The largest absolute Gasteiger partial charge is 0.438 e. The maximum atomic E-state index is 9.97. The summed E-state index contributed by atoms with van der Waals surface area (Å²) in [5, 5.41) is 21.7. The van der Waals surface area contributed by atoms with Crippen LogP contribution in [0.2, 0.25) is 0 Å². The van der Waals surface area contributed by atoms with E-state index >= 15 is 0 Å². The van der Waals surface area contributed by atoms with Gasteiger partial charge in [-0.2, -0.15) is 10.2 Å². The second kappa shape index (κ2) is 9.02. The van der Waals surface area contributed by atoms with Crippen LogP contribution in [0.5, 0.6) is 11.6 Å². The first-order valence-electron chi connectivity index (χ1n) is 9.54. The first-order valence-corrected chi connectivity index (χ1v) is 10.4. The molecule has 2 aromatic heterocycles. The number of nitrogens with zero attached hydrogens (tertiary/aromatic N) is 4. The van der Waals surface area contributed by atoms with E-state index in [1.807, 2.05) is 30.3 Å². The topological polar surface area (TPSA) is 118 Å². The van der Waals surface area contributed by atoms with Crippen molar-refractivity contribution in [1.29, 1.82) is 5.26 Å². The average Bonchev–Trinajstić information content (AvgIpc) is 3.28. The van der Waals surface area contributed by atoms with Gasteiger partial charge in [0.05, 0.1) is 28.6 Å². The molecule has 2 aromatic carbocycles. The van der Waals surface area contributed by atoms with Crippen molar-refractivity contribution in [2.45, 2.75) is 13.0 Å². The zero-order chi connectivity index (χ0) is 21.8. The van der Waals surface area contributed by atoms with E-state index in [0.717, 1.165) is 11.3 Å². The van der Waals surface area contributed by atoms with Crippen molar-refractivity contribution in [2.24, 2.45) is 5.73 Å². The highest BCUT2D eigenvalue weighted by molar-refractivity contribution is 7.13. The number of aliphatic hydroxyl groups is 1. The summed E-state index contributed by atoms with van der Waals surface area (Å²) in [6.07, 6.45) is -0.828. The molecule has 4 rings (SSSR count). The molecule has 0 spiro atoms. The van der Waals surface area contributed by atoms with Crippen molar-refractivity contribution in [1.82, 2.24) is 15.0 Å². The highest BCUT2D eigenvalue weighted by Gasteiger charge is 2.17. The fraction of sp³-hybridized carbons (Fsp3) is 0.130. The van der Waals surface area contributed by atoms with E-state index < -0.39 is 6.10 Å². The summed E-state index contributed by atoms with van der Waals surface area (Å²) in [4.78, 5) is 13.4. The standard InChI is InChI=1S/C23H19N5O2S/c1-14-26-18(16-5-3-2-4-6-16)10-22(27-14)30-21-9-15(11-24)7-8-17(21)23-28-19(13-31-23)20(29)12-25/h2-10,13,20,29H,12,25H2,1H3/t20-/m0/s1. The molecule has 31 heavy (non-hydrogen) atoms. The van der Waals surface area contributed by atoms with Crippen LogP contribution in [0, 0.1) is 18.3 Å². The smallest absolute Gasteiger partial charge is 0.223 e. The van der Waals surface area contributed by atoms with Crippen molar-refractivity contribution in [3.63, 3.8) is 0 Å². The van der Waals surface area contributed by atoms with Gasteiger partial charge in [-0.25, -0.2) is 9.97 Å². The molecular weight excluding hydrogens is 410 g/mol. The molecule has 154 valence electrons. The Kier molecular flexibility index (Phi) is 6.00. The molecule has 0 aliphatic heterocycles. The molecule has 0 amide bonds. The lowest BCUT2D eigenvalue weighted by molar-refractivity contribution is 0.182. The third-order valence-electron chi connectivity index (χ3n) is 4.53. The van der Waals surface area contributed by atoms with E-state index in [0.29, 0.717) is 39.3 Å². The third kappa shape index (κ3) is 4.59. The lowest BCUT2D eigenvalue weighted by Crippen LogP contribution is -2.11. The SMILES string of the molecule is Cc1nc(Oc2cc(C#N)ccc2-c2nc([C@@H](O)CN)cs2)cc(-c2ccccc2)n1. The van der Waals surface area contributed by atoms with Crippen LogP contribution < -0.4 is 10.5 Å². The average molecular weight is 430 g/mol. The van der Waals surface area contributed by atoms with Gasteiger partial charge in [-0.1, -0.05) is 30.3 Å². The predicted molar refractivity (Wildman–Crippen MR) is 119 cm³/mol. The number of benzene rings is 2. The van der Waals surface area contributed by atoms with Gasteiger partial charge in [0.25, 0.3) is 0 Å². The lowest BCUT2D eigenvalue weighted by Gasteiger charge is -2.11. The Morgan fingerprint density at radius 1 is 1.13 bits per heavy atom. The maximum Gasteiger partial charge on any atom is 0.223 e. The Hall–Kier alpha value is -3.64. The minimum atomic E-state index is -0.828. The molecule has 0 saturated heterocycles. The Morgan fingerprint density at radius 2 is 1.94 bits per heavy atom. The van der Waals surface area contributed by atoms with E-state index in [9.17, 15) is 10.4 Å². The number of rotatable bonds is 6. The van der Waals surface area contributed by atoms with Gasteiger partial charge in [-0.3, -0.25) is 0 Å². The molecule has 0 unspecified atom stereocenters. The number of aromatic nitrogens is 3. The summed E-state index contributed by atoms with van der Waals surface area (Å²) in [6.45, 7) is 1.88. The lowest BCUT2D eigenvalue weighted by atomic mass is 10.1. The second-order valence-electron chi connectivity index (χ2n) is 6.76. The molecule has 0 radical (unpaired) electrons. The summed E-state index contributed by atoms with van der Waals surface area (Å²) in [5.41, 5.74) is 8.87. The number of hydrogen-bond acceptors (Lipinski definition) is 8. The molecule has 0 bridgehead atoms. The molecule has 0 fully saturated rings. The summed E-state index contributed by atoms with van der Waals surface area (Å²) in [6, 6.07) is 18.8. The van der Waals surface area contributed by atoms with Crippen LogP contribution in [0.15, 0.2) is 60.0 Å². The van der Waals surface area contributed by atoms with E-state index in [1.54, 1.807) is 36.6 Å². The molecular formula is C23H19N5O2S. The molecule has 0 saturated carbocycles. The van der Waals surface area contributed by atoms with Crippen LogP contribution in [0.4, 0.5) is 0 Å². The second-order valence-corrected chi connectivity index (χ2v) is 7.62. The summed E-state index contributed by atoms with van der Waals surface area (Å²) < 4.78 is 6.12. The minimum absolute atomic E-state index is 0.0857. The number of hydrogen-bond donors (Lipinski definition) is 2. The van der Waals surface area contributed by atoms with E-state index in [2.05, 4.69) is 21.0 Å². The minimum Gasteiger partial charge on any atom is -0.438 e. The number of nitriles is 1. The molecule has 2 heterocycles. The Morgan fingerprint density at radius 3 is 2.68 bits per heavy atom. The molecule has 0 aliphatic carbocycles. The fourth-order valence-corrected chi connectivity index (χ4v) is 3.89. The van der Waals surface area contributed by atoms with Crippen molar-refractivity contribution in [3.8, 4) is 39.5 Å². The van der Waals surface area contributed by atoms with Gasteiger partial charge < -0.3 is 15.6 Å². The molecule has 3 N–H and O–H groups in total. The zero-order valence-electron chi connectivity index (χ0n) is 16.7. The number of thiazole rings is 1. The van der Waals surface area contributed by atoms with Gasteiger partial charge in [-0.15, -0.1) is 11.3 Å². The monoisotopic (exact) mass is 429 g/mol. The molecule has 1 atom stereocenters. The quantitative estimate of drug-likeness (QED) is 0.471. The van der Waals surface area contributed by atoms with Gasteiger partial charge in [0.15, 0.2) is 0 Å². The Labute approximate surface area is 183 Å². The molecule has 0 aliphatic rings. The van der Waals surface area contributed by atoms with Gasteiger partial charge in [-0.05, 0) is 25.1 Å². The highest BCUT2D eigenvalue weighted by Crippen LogP contribution is 2.36. The third-order valence-corrected chi connectivity index (χ3v) is 5.42. The van der Waals surface area contributed by atoms with E-state index in [1.165, 1.54) is 11.3 Å². The highest BCUT2D eigenvalue weighted by atomic mass is 32.1. The van der Waals surface area contributed by atoms with Crippen LogP contribution in [0.3, 0.4) is 0 Å². The van der Waals surface area contributed by atoms with Crippen molar-refractivity contribution in [2.75, 3.05) is 6.54 Å². The van der Waals surface area contributed by atoms with Crippen LogP contribution in [-0.2, 0) is 0 Å². The predicted octanol–water partition coefficient (Wildman–Crippen LogP) is 4.23. The summed E-state index contributed by atoms with van der Waals surface area (Å²) in [5.74, 6) is 1.37. The number of nitrogens with two attached hydrogens (primary N) is 1. The van der Waals surface area contributed by atoms with Crippen molar-refractivity contribution < 1.29 is 9.84 Å². The normalized spacial score (nSPS) is 11.7. The van der Waals surface area contributed by atoms with Gasteiger partial charge >= 0.3 is 0 Å². The van der Waals surface area contributed by atoms with Gasteiger partial charge in [0, 0.05) is 23.6 Å². The molecule has 4 aromatic rings. The van der Waals surface area contributed by atoms with E-state index in [4.69, 9.17) is 10.5 Å². The van der Waals surface area contributed by atoms with Crippen molar-refractivity contribution >= 4 is 11.3 Å². The van der Waals surface area contributed by atoms with Crippen LogP contribution in [-0.4, -0.2) is 26.6 Å². The molecule has 7 nitrogen and oxygen atoms in total.